The number of hydrogen-bond acceptors (Lipinski definition) is 3. The summed E-state index contributed by atoms with van der Waals surface area (Å²) in [5, 5.41) is 11.5. The molecule has 0 fully saturated rings. The molecule has 0 rings (SSSR count). The molecule has 88 valence electrons. The number of alkyl halides is 3. The second-order valence-corrected chi connectivity index (χ2v) is 3.01. The summed E-state index contributed by atoms with van der Waals surface area (Å²) in [6, 6.07) is 1.65. The maximum Gasteiger partial charge on any atom is 0.391 e. The number of nitrogens with one attached hydrogen (secondary N) is 1. The van der Waals surface area contributed by atoms with Crippen LogP contribution in [0.15, 0.2) is 0 Å². The predicted molar refractivity (Wildman–Crippen MR) is 49.2 cm³/mol. The SMILES string of the molecule is CCNC(C#N)CCOCCC(F)(F)F. The fraction of sp³-hybridized carbons (Fsp3) is 0.889. The van der Waals surface area contributed by atoms with Crippen LogP contribution in [0.3, 0.4) is 0 Å². The molecule has 0 saturated carbocycles. The van der Waals surface area contributed by atoms with Gasteiger partial charge in [-0.3, -0.25) is 0 Å². The molecule has 0 heterocycles. The Kier molecular flexibility index (Phi) is 7.09. The van der Waals surface area contributed by atoms with Crippen molar-refractivity contribution in [3.8, 4) is 6.07 Å². The van der Waals surface area contributed by atoms with Crippen molar-refractivity contribution in [2.45, 2.75) is 32.0 Å². The molecule has 0 amide bonds. The minimum absolute atomic E-state index is 0.168. The van der Waals surface area contributed by atoms with Crippen molar-refractivity contribution in [2.75, 3.05) is 19.8 Å². The standard InChI is InChI=1S/C9H15F3N2O/c1-2-14-8(7-13)3-5-15-6-4-9(10,11)12/h8,14H,2-6H2,1H3. The summed E-state index contributed by atoms with van der Waals surface area (Å²) in [5.41, 5.74) is 0. The fourth-order valence-electron chi connectivity index (χ4n) is 0.950. The number of nitrogens with zero attached hydrogens (tertiary/aromatic N) is 1. The van der Waals surface area contributed by atoms with Crippen molar-refractivity contribution in [3.63, 3.8) is 0 Å². The third kappa shape index (κ3) is 9.50. The van der Waals surface area contributed by atoms with E-state index in [9.17, 15) is 13.2 Å². The summed E-state index contributed by atoms with van der Waals surface area (Å²) in [6.45, 7) is 2.34. The molecule has 6 heteroatoms. The molecule has 1 atom stereocenters. The van der Waals surface area contributed by atoms with Gasteiger partial charge in [0, 0.05) is 6.61 Å². The summed E-state index contributed by atoms with van der Waals surface area (Å²) < 4.78 is 39.8. The molecule has 0 aliphatic carbocycles. The molecule has 0 aromatic carbocycles. The Bertz CT molecular complexity index is 201. The lowest BCUT2D eigenvalue weighted by molar-refractivity contribution is -0.145. The summed E-state index contributed by atoms with van der Waals surface area (Å²) in [5.74, 6) is 0. The first-order valence-electron chi connectivity index (χ1n) is 4.77. The van der Waals surface area contributed by atoms with Crippen LogP contribution in [-0.4, -0.2) is 32.0 Å². The number of rotatable bonds is 7. The molecule has 0 aliphatic heterocycles. The highest BCUT2D eigenvalue weighted by atomic mass is 19.4. The molecule has 15 heavy (non-hydrogen) atoms. The lowest BCUT2D eigenvalue weighted by atomic mass is 10.2. The van der Waals surface area contributed by atoms with Gasteiger partial charge in [0.2, 0.25) is 0 Å². The first kappa shape index (κ1) is 14.2. The topological polar surface area (TPSA) is 45.0 Å². The smallest absolute Gasteiger partial charge is 0.381 e. The van der Waals surface area contributed by atoms with Crippen LogP contribution < -0.4 is 5.32 Å². The van der Waals surface area contributed by atoms with Crippen LogP contribution in [0.1, 0.15) is 19.8 Å². The first-order chi connectivity index (χ1) is 6.99. The minimum atomic E-state index is -4.17. The summed E-state index contributed by atoms with van der Waals surface area (Å²) in [6.07, 6.45) is -4.70. The van der Waals surface area contributed by atoms with Crippen LogP contribution in [-0.2, 0) is 4.74 Å². The van der Waals surface area contributed by atoms with E-state index in [-0.39, 0.29) is 19.3 Å². The quantitative estimate of drug-likeness (QED) is 0.671. The largest absolute Gasteiger partial charge is 0.391 e. The van der Waals surface area contributed by atoms with Crippen molar-refractivity contribution >= 4 is 0 Å². The van der Waals surface area contributed by atoms with Crippen molar-refractivity contribution < 1.29 is 17.9 Å². The summed E-state index contributed by atoms with van der Waals surface area (Å²) in [7, 11) is 0. The molecule has 0 saturated heterocycles. The van der Waals surface area contributed by atoms with Crippen molar-refractivity contribution in [3.05, 3.63) is 0 Å². The fourth-order valence-corrected chi connectivity index (χ4v) is 0.950. The van der Waals surface area contributed by atoms with E-state index in [1.54, 1.807) is 0 Å². The maximum atomic E-state index is 11.7. The van der Waals surface area contributed by atoms with Gasteiger partial charge in [-0.15, -0.1) is 0 Å². The van der Waals surface area contributed by atoms with Gasteiger partial charge in [-0.05, 0) is 13.0 Å². The molecular weight excluding hydrogens is 209 g/mol. The van der Waals surface area contributed by atoms with Gasteiger partial charge in [0.1, 0.15) is 0 Å². The van der Waals surface area contributed by atoms with Gasteiger partial charge in [0.15, 0.2) is 0 Å². The molecule has 1 unspecified atom stereocenters. The predicted octanol–water partition coefficient (Wildman–Crippen LogP) is 1.85. The normalized spacial score (nSPS) is 13.5. The highest BCUT2D eigenvalue weighted by Crippen LogP contribution is 2.18. The van der Waals surface area contributed by atoms with E-state index in [1.165, 1.54) is 0 Å². The van der Waals surface area contributed by atoms with E-state index < -0.39 is 12.6 Å². The van der Waals surface area contributed by atoms with Crippen LogP contribution in [0.2, 0.25) is 0 Å². The molecular formula is C9H15F3N2O. The second kappa shape index (κ2) is 7.49. The van der Waals surface area contributed by atoms with Crippen LogP contribution in [0.5, 0.6) is 0 Å². The van der Waals surface area contributed by atoms with E-state index in [1.807, 2.05) is 13.0 Å². The number of halogens is 3. The molecule has 0 bridgehead atoms. The van der Waals surface area contributed by atoms with Gasteiger partial charge in [0.05, 0.1) is 25.1 Å². The van der Waals surface area contributed by atoms with E-state index >= 15 is 0 Å². The van der Waals surface area contributed by atoms with Gasteiger partial charge in [-0.25, -0.2) is 0 Å². The van der Waals surface area contributed by atoms with E-state index in [0.717, 1.165) is 0 Å². The van der Waals surface area contributed by atoms with Gasteiger partial charge in [0.25, 0.3) is 0 Å². The van der Waals surface area contributed by atoms with Gasteiger partial charge >= 0.3 is 6.18 Å². The average Bonchev–Trinajstić information content (AvgIpc) is 2.14. The Labute approximate surface area is 87.2 Å². The molecule has 0 aromatic heterocycles. The third-order valence-electron chi connectivity index (χ3n) is 1.69. The van der Waals surface area contributed by atoms with Crippen LogP contribution in [0.25, 0.3) is 0 Å². The Morgan fingerprint density at radius 2 is 2.07 bits per heavy atom. The Balaban J connectivity index is 3.42. The number of nitriles is 1. The Hall–Kier alpha value is -0.800. The molecule has 0 aromatic rings. The van der Waals surface area contributed by atoms with Gasteiger partial charge in [-0.2, -0.15) is 18.4 Å². The highest BCUT2D eigenvalue weighted by Gasteiger charge is 2.26. The third-order valence-corrected chi connectivity index (χ3v) is 1.69. The number of ether oxygens (including phenoxy) is 1. The lowest BCUT2D eigenvalue weighted by Crippen LogP contribution is -2.28. The van der Waals surface area contributed by atoms with Gasteiger partial charge < -0.3 is 10.1 Å². The molecule has 0 radical (unpaired) electrons. The van der Waals surface area contributed by atoms with Crippen LogP contribution in [0.4, 0.5) is 13.2 Å². The zero-order valence-electron chi connectivity index (χ0n) is 8.60. The van der Waals surface area contributed by atoms with Crippen molar-refractivity contribution in [1.29, 1.82) is 5.26 Å². The van der Waals surface area contributed by atoms with Crippen molar-refractivity contribution in [1.82, 2.24) is 5.32 Å². The maximum absolute atomic E-state index is 11.7. The summed E-state index contributed by atoms with van der Waals surface area (Å²) >= 11 is 0. The average molecular weight is 224 g/mol. The second-order valence-electron chi connectivity index (χ2n) is 3.01. The van der Waals surface area contributed by atoms with Crippen LogP contribution in [0, 0.1) is 11.3 Å². The molecule has 1 N–H and O–H groups in total. The first-order valence-corrected chi connectivity index (χ1v) is 4.77. The Morgan fingerprint density at radius 3 is 2.53 bits per heavy atom. The minimum Gasteiger partial charge on any atom is -0.381 e. The Morgan fingerprint density at radius 1 is 1.40 bits per heavy atom. The monoisotopic (exact) mass is 224 g/mol. The summed E-state index contributed by atoms with van der Waals surface area (Å²) in [4.78, 5) is 0. The number of hydrogen-bond donors (Lipinski definition) is 1. The van der Waals surface area contributed by atoms with E-state index in [0.29, 0.717) is 13.0 Å². The van der Waals surface area contributed by atoms with Gasteiger partial charge in [-0.1, -0.05) is 6.92 Å². The molecule has 3 nitrogen and oxygen atoms in total. The lowest BCUT2D eigenvalue weighted by Gasteiger charge is -2.10. The van der Waals surface area contributed by atoms with E-state index in [2.05, 4.69) is 5.32 Å². The highest BCUT2D eigenvalue weighted by molar-refractivity contribution is 4.88. The zero-order chi connectivity index (χ0) is 11.7. The van der Waals surface area contributed by atoms with Crippen LogP contribution >= 0.6 is 0 Å². The van der Waals surface area contributed by atoms with Crippen molar-refractivity contribution in [2.24, 2.45) is 0 Å². The van der Waals surface area contributed by atoms with E-state index in [4.69, 9.17) is 10.00 Å². The zero-order valence-corrected chi connectivity index (χ0v) is 8.60. The molecule has 0 aliphatic rings. The molecule has 0 spiro atoms.